The first-order chi connectivity index (χ1) is 9.63. The number of nitrogens with two attached hydrogens (primary N) is 1. The number of hydrogen-bond acceptors (Lipinski definition) is 4. The molecule has 1 aliphatic rings. The van der Waals surface area contributed by atoms with Crippen molar-refractivity contribution in [1.29, 1.82) is 0 Å². The van der Waals surface area contributed by atoms with Crippen molar-refractivity contribution in [2.75, 3.05) is 5.32 Å². The molecule has 0 radical (unpaired) electrons. The van der Waals surface area contributed by atoms with Crippen LogP contribution in [0.25, 0.3) is 0 Å². The Morgan fingerprint density at radius 1 is 1.38 bits per heavy atom. The SMILES string of the molecule is NC1(C(=O)Nc2ccc(C(F)(F)F)cc2[N+](=O)[O-])CCC1. The van der Waals surface area contributed by atoms with E-state index in [9.17, 15) is 28.1 Å². The molecule has 2 rings (SSSR count). The van der Waals surface area contributed by atoms with Crippen LogP contribution in [0.3, 0.4) is 0 Å². The zero-order chi connectivity index (χ0) is 15.8. The smallest absolute Gasteiger partial charge is 0.319 e. The maximum atomic E-state index is 12.5. The van der Waals surface area contributed by atoms with E-state index in [-0.39, 0.29) is 5.69 Å². The van der Waals surface area contributed by atoms with Gasteiger partial charge in [-0.25, -0.2) is 0 Å². The number of carbonyl (C=O) groups is 1. The summed E-state index contributed by atoms with van der Waals surface area (Å²) in [6, 6.07) is 1.92. The molecule has 0 unspecified atom stereocenters. The predicted octanol–water partition coefficient (Wildman–Crippen LogP) is 2.43. The summed E-state index contributed by atoms with van der Waals surface area (Å²) >= 11 is 0. The Bertz CT molecular complexity index is 597. The molecule has 1 aliphatic carbocycles. The van der Waals surface area contributed by atoms with Crippen molar-refractivity contribution in [1.82, 2.24) is 0 Å². The summed E-state index contributed by atoms with van der Waals surface area (Å²) in [5.41, 5.74) is 2.39. The maximum absolute atomic E-state index is 12.5. The number of benzene rings is 1. The molecule has 0 heterocycles. The van der Waals surface area contributed by atoms with Crippen LogP contribution >= 0.6 is 0 Å². The summed E-state index contributed by atoms with van der Waals surface area (Å²) in [4.78, 5) is 21.8. The van der Waals surface area contributed by atoms with Gasteiger partial charge in [-0.2, -0.15) is 13.2 Å². The van der Waals surface area contributed by atoms with Gasteiger partial charge < -0.3 is 11.1 Å². The summed E-state index contributed by atoms with van der Waals surface area (Å²) in [6.07, 6.45) is -3.06. The maximum Gasteiger partial charge on any atom is 0.416 e. The van der Waals surface area contributed by atoms with E-state index < -0.39 is 33.8 Å². The molecule has 21 heavy (non-hydrogen) atoms. The third kappa shape index (κ3) is 2.97. The lowest BCUT2D eigenvalue weighted by molar-refractivity contribution is -0.384. The van der Waals surface area contributed by atoms with Crippen molar-refractivity contribution in [3.8, 4) is 0 Å². The number of nitrogens with zero attached hydrogens (tertiary/aromatic N) is 1. The Morgan fingerprint density at radius 2 is 2.00 bits per heavy atom. The van der Waals surface area contributed by atoms with Gasteiger partial charge in [-0.3, -0.25) is 14.9 Å². The molecular formula is C12H12F3N3O3. The van der Waals surface area contributed by atoms with Crippen LogP contribution in [0.5, 0.6) is 0 Å². The Balaban J connectivity index is 2.31. The number of hydrogen-bond donors (Lipinski definition) is 2. The van der Waals surface area contributed by atoms with Crippen molar-refractivity contribution in [2.45, 2.75) is 31.0 Å². The van der Waals surface area contributed by atoms with Gasteiger partial charge in [-0.05, 0) is 31.4 Å². The van der Waals surface area contributed by atoms with Crippen LogP contribution in [0.2, 0.25) is 0 Å². The topological polar surface area (TPSA) is 98.3 Å². The molecule has 0 spiro atoms. The standard InChI is InChI=1S/C12H12F3N3O3/c13-12(14,15)7-2-3-8(9(6-7)18(20)21)17-10(19)11(16)4-1-5-11/h2-3,6H,1,4-5,16H2,(H,17,19). The highest BCUT2D eigenvalue weighted by Crippen LogP contribution is 2.36. The Hall–Kier alpha value is -2.16. The molecule has 1 fully saturated rings. The van der Waals surface area contributed by atoms with Crippen molar-refractivity contribution in [3.05, 3.63) is 33.9 Å². The minimum absolute atomic E-state index is 0.297. The third-order valence-electron chi connectivity index (χ3n) is 3.47. The average Bonchev–Trinajstić information content (AvgIpc) is 2.34. The molecule has 3 N–H and O–H groups in total. The van der Waals surface area contributed by atoms with E-state index in [4.69, 9.17) is 5.73 Å². The summed E-state index contributed by atoms with van der Waals surface area (Å²) in [5.74, 6) is -0.628. The summed E-state index contributed by atoms with van der Waals surface area (Å²) in [7, 11) is 0. The van der Waals surface area contributed by atoms with Crippen LogP contribution < -0.4 is 11.1 Å². The monoisotopic (exact) mass is 303 g/mol. The molecule has 1 amide bonds. The fourth-order valence-electron chi connectivity index (χ4n) is 2.00. The highest BCUT2D eigenvalue weighted by atomic mass is 19.4. The number of nitro benzene ring substituents is 1. The molecule has 9 heteroatoms. The number of anilines is 1. The number of nitro groups is 1. The number of amides is 1. The molecule has 1 saturated carbocycles. The zero-order valence-corrected chi connectivity index (χ0v) is 10.7. The Kier molecular flexibility index (Phi) is 3.62. The number of carbonyl (C=O) groups excluding carboxylic acids is 1. The van der Waals surface area contributed by atoms with Gasteiger partial charge in [0, 0.05) is 6.07 Å². The Morgan fingerprint density at radius 3 is 2.43 bits per heavy atom. The van der Waals surface area contributed by atoms with Gasteiger partial charge in [0.25, 0.3) is 5.69 Å². The normalized spacial score (nSPS) is 17.0. The molecule has 1 aromatic rings. The van der Waals surface area contributed by atoms with E-state index in [1.165, 1.54) is 0 Å². The second-order valence-corrected chi connectivity index (χ2v) is 4.95. The third-order valence-corrected chi connectivity index (χ3v) is 3.47. The first kappa shape index (κ1) is 15.2. The first-order valence-electron chi connectivity index (χ1n) is 6.09. The highest BCUT2D eigenvalue weighted by molar-refractivity contribution is 6.00. The number of nitrogens with one attached hydrogen (secondary N) is 1. The second-order valence-electron chi connectivity index (χ2n) is 4.95. The van der Waals surface area contributed by atoms with Gasteiger partial charge in [0.05, 0.1) is 16.0 Å². The second kappa shape index (κ2) is 4.99. The Labute approximate surface area is 117 Å². The molecule has 114 valence electrons. The van der Waals surface area contributed by atoms with Gasteiger partial charge in [-0.15, -0.1) is 0 Å². The number of halogens is 3. The number of rotatable bonds is 3. The first-order valence-corrected chi connectivity index (χ1v) is 6.09. The molecule has 0 saturated heterocycles. The fraction of sp³-hybridized carbons (Fsp3) is 0.417. The van der Waals surface area contributed by atoms with E-state index in [2.05, 4.69) is 5.32 Å². The van der Waals surface area contributed by atoms with Gasteiger partial charge in [0.15, 0.2) is 0 Å². The zero-order valence-electron chi connectivity index (χ0n) is 10.7. The van der Waals surface area contributed by atoms with Gasteiger partial charge in [0.1, 0.15) is 5.69 Å². The van der Waals surface area contributed by atoms with Crippen LogP contribution in [-0.2, 0) is 11.0 Å². The van der Waals surface area contributed by atoms with E-state index in [1.807, 2.05) is 0 Å². The summed E-state index contributed by atoms with van der Waals surface area (Å²) in [5, 5.41) is 13.1. The molecule has 0 atom stereocenters. The van der Waals surface area contributed by atoms with Crippen LogP contribution in [0, 0.1) is 10.1 Å². The van der Waals surface area contributed by atoms with E-state index in [1.54, 1.807) is 0 Å². The highest BCUT2D eigenvalue weighted by Gasteiger charge is 2.41. The lowest BCUT2D eigenvalue weighted by Crippen LogP contribution is -2.56. The van der Waals surface area contributed by atoms with Gasteiger partial charge in [0.2, 0.25) is 5.91 Å². The molecular weight excluding hydrogens is 291 g/mol. The van der Waals surface area contributed by atoms with Crippen LogP contribution in [-0.4, -0.2) is 16.4 Å². The minimum Gasteiger partial charge on any atom is -0.319 e. The van der Waals surface area contributed by atoms with Gasteiger partial charge >= 0.3 is 6.18 Å². The molecule has 0 bridgehead atoms. The minimum atomic E-state index is -4.70. The van der Waals surface area contributed by atoms with E-state index in [0.29, 0.717) is 25.0 Å². The lowest BCUT2D eigenvalue weighted by atomic mass is 9.77. The number of alkyl halides is 3. The van der Waals surface area contributed by atoms with Crippen molar-refractivity contribution in [3.63, 3.8) is 0 Å². The van der Waals surface area contributed by atoms with Crippen molar-refractivity contribution in [2.24, 2.45) is 5.73 Å². The molecule has 0 aliphatic heterocycles. The summed E-state index contributed by atoms with van der Waals surface area (Å²) in [6.45, 7) is 0. The largest absolute Gasteiger partial charge is 0.416 e. The van der Waals surface area contributed by atoms with Crippen LogP contribution in [0.4, 0.5) is 24.5 Å². The fourth-order valence-corrected chi connectivity index (χ4v) is 2.00. The molecule has 6 nitrogen and oxygen atoms in total. The van der Waals surface area contributed by atoms with Gasteiger partial charge in [-0.1, -0.05) is 0 Å². The lowest BCUT2D eigenvalue weighted by Gasteiger charge is -2.36. The van der Waals surface area contributed by atoms with Crippen LogP contribution in [0.1, 0.15) is 24.8 Å². The van der Waals surface area contributed by atoms with Crippen molar-refractivity contribution >= 4 is 17.3 Å². The summed E-state index contributed by atoms with van der Waals surface area (Å²) < 4.78 is 37.6. The molecule has 1 aromatic carbocycles. The van der Waals surface area contributed by atoms with Crippen LogP contribution in [0.15, 0.2) is 18.2 Å². The average molecular weight is 303 g/mol. The molecule has 0 aromatic heterocycles. The van der Waals surface area contributed by atoms with Crippen molar-refractivity contribution < 1.29 is 22.9 Å². The van der Waals surface area contributed by atoms with E-state index in [0.717, 1.165) is 12.5 Å². The predicted molar refractivity (Wildman–Crippen MR) is 67.5 cm³/mol. The van der Waals surface area contributed by atoms with E-state index >= 15 is 0 Å². The quantitative estimate of drug-likeness (QED) is 0.661.